The first-order valence-electron chi connectivity index (χ1n) is 6.33. The molecule has 4 nitrogen and oxygen atoms in total. The summed E-state index contributed by atoms with van der Waals surface area (Å²) in [6.07, 6.45) is 0. The van der Waals surface area contributed by atoms with Crippen LogP contribution in [0.2, 0.25) is 5.02 Å². The molecule has 1 amide bonds. The van der Waals surface area contributed by atoms with Gasteiger partial charge < -0.3 is 16.2 Å². The highest BCUT2D eigenvalue weighted by Gasteiger charge is 2.20. The monoisotopic (exact) mass is 312 g/mol. The van der Waals surface area contributed by atoms with Crippen LogP contribution in [-0.4, -0.2) is 23.7 Å². The van der Waals surface area contributed by atoms with Gasteiger partial charge in [-0.25, -0.2) is 0 Å². The lowest BCUT2D eigenvalue weighted by Gasteiger charge is -2.18. The summed E-state index contributed by atoms with van der Waals surface area (Å²) >= 11 is 7.27. The maximum Gasteiger partial charge on any atom is 0.263 e. The molecular weight excluding hydrogens is 296 g/mol. The number of thiophene rings is 1. The van der Waals surface area contributed by atoms with E-state index >= 15 is 0 Å². The number of nitrogen functional groups attached to an aromatic ring is 1. The highest BCUT2D eigenvalue weighted by Crippen LogP contribution is 2.35. The van der Waals surface area contributed by atoms with E-state index in [0.29, 0.717) is 15.6 Å². The molecule has 0 aliphatic rings. The van der Waals surface area contributed by atoms with Crippen LogP contribution in [0.3, 0.4) is 0 Å². The van der Waals surface area contributed by atoms with Crippen molar-refractivity contribution in [1.29, 1.82) is 0 Å². The topological polar surface area (TPSA) is 75.3 Å². The number of hydrogen-bond acceptors (Lipinski definition) is 4. The third kappa shape index (κ3) is 2.90. The molecular formula is C14H17ClN2O2S. The molecule has 0 fully saturated rings. The van der Waals surface area contributed by atoms with Gasteiger partial charge in [0.05, 0.1) is 5.69 Å². The van der Waals surface area contributed by atoms with E-state index in [4.69, 9.17) is 22.4 Å². The molecule has 20 heavy (non-hydrogen) atoms. The van der Waals surface area contributed by atoms with Gasteiger partial charge in [-0.3, -0.25) is 4.79 Å². The maximum absolute atomic E-state index is 12.3. The second kappa shape index (κ2) is 5.99. The number of rotatable bonds is 4. The molecule has 1 heterocycles. The zero-order valence-corrected chi connectivity index (χ0v) is 12.9. The van der Waals surface area contributed by atoms with Gasteiger partial charge >= 0.3 is 0 Å². The van der Waals surface area contributed by atoms with E-state index in [9.17, 15) is 4.79 Å². The number of amides is 1. The van der Waals surface area contributed by atoms with E-state index in [1.54, 1.807) is 12.1 Å². The summed E-state index contributed by atoms with van der Waals surface area (Å²) in [5.41, 5.74) is 6.51. The SMILES string of the molecule is CC(CO)C(C)NC(=O)c1sc2cc(Cl)ccc2c1N. The van der Waals surface area contributed by atoms with E-state index in [0.717, 1.165) is 10.1 Å². The van der Waals surface area contributed by atoms with Crippen LogP contribution in [0.1, 0.15) is 23.5 Å². The number of aliphatic hydroxyl groups is 1. The largest absolute Gasteiger partial charge is 0.397 e. The molecule has 0 aliphatic carbocycles. The second-order valence-corrected chi connectivity index (χ2v) is 6.40. The van der Waals surface area contributed by atoms with Gasteiger partial charge in [0.25, 0.3) is 5.91 Å². The van der Waals surface area contributed by atoms with Crippen molar-refractivity contribution >= 4 is 44.6 Å². The van der Waals surface area contributed by atoms with Crippen molar-refractivity contribution in [3.8, 4) is 0 Å². The normalized spacial score (nSPS) is 14.2. The molecule has 0 radical (unpaired) electrons. The van der Waals surface area contributed by atoms with Gasteiger partial charge in [0.1, 0.15) is 4.88 Å². The van der Waals surface area contributed by atoms with Gasteiger partial charge in [-0.15, -0.1) is 11.3 Å². The van der Waals surface area contributed by atoms with Crippen molar-refractivity contribution in [2.24, 2.45) is 5.92 Å². The molecule has 2 rings (SSSR count). The van der Waals surface area contributed by atoms with Gasteiger partial charge in [-0.1, -0.05) is 18.5 Å². The van der Waals surface area contributed by atoms with E-state index in [1.807, 2.05) is 19.9 Å². The van der Waals surface area contributed by atoms with Gasteiger partial charge in [0.15, 0.2) is 0 Å². The Morgan fingerprint density at radius 2 is 2.20 bits per heavy atom. The predicted octanol–water partition coefficient (Wildman–Crippen LogP) is 2.88. The fraction of sp³-hybridized carbons (Fsp3) is 0.357. The van der Waals surface area contributed by atoms with Crippen LogP contribution in [-0.2, 0) is 0 Å². The molecule has 6 heteroatoms. The first-order chi connectivity index (χ1) is 9.43. The molecule has 2 unspecified atom stereocenters. The van der Waals surface area contributed by atoms with Gasteiger partial charge in [-0.2, -0.15) is 0 Å². The zero-order valence-electron chi connectivity index (χ0n) is 11.3. The molecule has 0 spiro atoms. The van der Waals surface area contributed by atoms with E-state index in [2.05, 4.69) is 5.32 Å². The van der Waals surface area contributed by atoms with Crippen LogP contribution in [0.25, 0.3) is 10.1 Å². The summed E-state index contributed by atoms with van der Waals surface area (Å²) in [5, 5.41) is 13.4. The lowest BCUT2D eigenvalue weighted by Crippen LogP contribution is -2.38. The van der Waals surface area contributed by atoms with Crippen molar-refractivity contribution in [3.63, 3.8) is 0 Å². The Kier molecular flexibility index (Phi) is 4.52. The molecule has 2 aromatic rings. The Morgan fingerprint density at radius 1 is 1.50 bits per heavy atom. The average molecular weight is 313 g/mol. The third-order valence-electron chi connectivity index (χ3n) is 3.40. The Morgan fingerprint density at radius 3 is 2.85 bits per heavy atom. The maximum atomic E-state index is 12.3. The number of halogens is 1. The van der Waals surface area contributed by atoms with Gasteiger partial charge in [0, 0.05) is 27.8 Å². The first kappa shape index (κ1) is 15.1. The average Bonchev–Trinajstić information content (AvgIpc) is 2.74. The standard InChI is InChI=1S/C14H17ClN2O2S/c1-7(6-18)8(2)17-14(19)13-12(16)10-4-3-9(15)5-11(10)20-13/h3-5,7-8,18H,6,16H2,1-2H3,(H,17,19). The Labute approximate surface area is 126 Å². The molecule has 0 bridgehead atoms. The minimum absolute atomic E-state index is 0.0102. The number of fused-ring (bicyclic) bond motifs is 1. The molecule has 0 aliphatic heterocycles. The van der Waals surface area contributed by atoms with Crippen molar-refractivity contribution in [1.82, 2.24) is 5.32 Å². The highest BCUT2D eigenvalue weighted by atomic mass is 35.5. The van der Waals surface area contributed by atoms with E-state index in [-0.39, 0.29) is 24.5 Å². The summed E-state index contributed by atoms with van der Waals surface area (Å²) < 4.78 is 0.892. The van der Waals surface area contributed by atoms with Crippen molar-refractivity contribution < 1.29 is 9.90 Å². The van der Waals surface area contributed by atoms with Crippen LogP contribution in [0, 0.1) is 5.92 Å². The molecule has 1 aromatic heterocycles. The van der Waals surface area contributed by atoms with Crippen molar-refractivity contribution in [2.75, 3.05) is 12.3 Å². The lowest BCUT2D eigenvalue weighted by molar-refractivity contribution is 0.0921. The fourth-order valence-corrected chi connectivity index (χ4v) is 3.13. The number of anilines is 1. The summed E-state index contributed by atoms with van der Waals surface area (Å²) in [5.74, 6) is -0.225. The fourth-order valence-electron chi connectivity index (χ4n) is 1.83. The minimum Gasteiger partial charge on any atom is -0.397 e. The van der Waals surface area contributed by atoms with E-state index in [1.165, 1.54) is 11.3 Å². The Hall–Kier alpha value is -1.30. The molecule has 108 valence electrons. The molecule has 1 aromatic carbocycles. The lowest BCUT2D eigenvalue weighted by atomic mass is 10.1. The number of carbonyl (C=O) groups is 1. The first-order valence-corrected chi connectivity index (χ1v) is 7.52. The highest BCUT2D eigenvalue weighted by molar-refractivity contribution is 7.21. The number of aliphatic hydroxyl groups excluding tert-OH is 1. The van der Waals surface area contributed by atoms with Crippen molar-refractivity contribution in [2.45, 2.75) is 19.9 Å². The second-order valence-electron chi connectivity index (χ2n) is 4.91. The summed E-state index contributed by atoms with van der Waals surface area (Å²) in [7, 11) is 0. The quantitative estimate of drug-likeness (QED) is 0.812. The van der Waals surface area contributed by atoms with Crippen LogP contribution in [0.5, 0.6) is 0 Å². The molecule has 0 saturated heterocycles. The summed E-state index contributed by atoms with van der Waals surface area (Å²) in [6.45, 7) is 3.76. The number of nitrogens with two attached hydrogens (primary N) is 1. The van der Waals surface area contributed by atoms with Gasteiger partial charge in [-0.05, 0) is 31.0 Å². The third-order valence-corrected chi connectivity index (χ3v) is 4.80. The zero-order chi connectivity index (χ0) is 14.9. The molecule has 2 atom stereocenters. The predicted molar refractivity (Wildman–Crippen MR) is 84.4 cm³/mol. The van der Waals surface area contributed by atoms with Crippen LogP contribution < -0.4 is 11.1 Å². The van der Waals surface area contributed by atoms with Crippen LogP contribution in [0.4, 0.5) is 5.69 Å². The summed E-state index contributed by atoms with van der Waals surface area (Å²) in [6, 6.07) is 5.25. The van der Waals surface area contributed by atoms with E-state index < -0.39 is 0 Å². The Bertz CT molecular complexity index is 641. The smallest absolute Gasteiger partial charge is 0.263 e. The van der Waals surface area contributed by atoms with Crippen LogP contribution >= 0.6 is 22.9 Å². The number of nitrogens with one attached hydrogen (secondary N) is 1. The number of carbonyl (C=O) groups excluding carboxylic acids is 1. The summed E-state index contributed by atoms with van der Waals surface area (Å²) in [4.78, 5) is 12.7. The minimum atomic E-state index is -0.215. The number of benzene rings is 1. The molecule has 4 N–H and O–H groups in total. The Balaban J connectivity index is 2.28. The van der Waals surface area contributed by atoms with Crippen molar-refractivity contribution in [3.05, 3.63) is 28.1 Å². The van der Waals surface area contributed by atoms with Gasteiger partial charge in [0.2, 0.25) is 0 Å². The number of hydrogen-bond donors (Lipinski definition) is 3. The van der Waals surface area contributed by atoms with Crippen LogP contribution in [0.15, 0.2) is 18.2 Å². The molecule has 0 saturated carbocycles.